The SMILES string of the molecule is CCN1CCCC1C1(C)NCCO1. The highest BCUT2D eigenvalue weighted by Gasteiger charge is 2.42. The van der Waals surface area contributed by atoms with Gasteiger partial charge in [0.05, 0.1) is 12.6 Å². The Morgan fingerprint density at radius 3 is 3.08 bits per heavy atom. The molecule has 2 saturated heterocycles. The van der Waals surface area contributed by atoms with Gasteiger partial charge < -0.3 is 4.74 Å². The molecule has 2 heterocycles. The van der Waals surface area contributed by atoms with Gasteiger partial charge in [-0.25, -0.2) is 0 Å². The van der Waals surface area contributed by atoms with Crippen molar-refractivity contribution in [3.05, 3.63) is 0 Å². The van der Waals surface area contributed by atoms with Crippen LogP contribution >= 0.6 is 0 Å². The first-order valence-electron chi connectivity index (χ1n) is 5.39. The first-order valence-corrected chi connectivity index (χ1v) is 5.39. The second kappa shape index (κ2) is 3.56. The van der Waals surface area contributed by atoms with Gasteiger partial charge >= 0.3 is 0 Å². The van der Waals surface area contributed by atoms with Crippen LogP contribution in [0, 0.1) is 0 Å². The summed E-state index contributed by atoms with van der Waals surface area (Å²) in [7, 11) is 0. The summed E-state index contributed by atoms with van der Waals surface area (Å²) in [5.41, 5.74) is -0.0769. The molecule has 3 nitrogen and oxygen atoms in total. The number of likely N-dealkylation sites (N-methyl/N-ethyl adjacent to an activating group) is 1. The molecule has 0 saturated carbocycles. The fourth-order valence-corrected chi connectivity index (χ4v) is 2.66. The van der Waals surface area contributed by atoms with Gasteiger partial charge in [0.2, 0.25) is 0 Å². The van der Waals surface area contributed by atoms with E-state index in [1.165, 1.54) is 19.4 Å². The third kappa shape index (κ3) is 1.60. The molecule has 2 aliphatic rings. The Balaban J connectivity index is 2.05. The van der Waals surface area contributed by atoms with Gasteiger partial charge in [-0.05, 0) is 32.9 Å². The van der Waals surface area contributed by atoms with Crippen LogP contribution in [0.3, 0.4) is 0 Å². The van der Waals surface area contributed by atoms with Crippen molar-refractivity contribution in [2.45, 2.75) is 38.5 Å². The van der Waals surface area contributed by atoms with Crippen molar-refractivity contribution in [2.75, 3.05) is 26.2 Å². The Labute approximate surface area is 80.4 Å². The molecule has 3 heteroatoms. The number of nitrogens with one attached hydrogen (secondary N) is 1. The molecule has 0 aromatic rings. The normalized spacial score (nSPS) is 41.5. The van der Waals surface area contributed by atoms with Crippen molar-refractivity contribution < 1.29 is 4.74 Å². The molecule has 2 rings (SSSR count). The minimum absolute atomic E-state index is 0.0769. The second-order valence-electron chi connectivity index (χ2n) is 4.17. The molecule has 2 fully saturated rings. The Morgan fingerprint density at radius 1 is 1.62 bits per heavy atom. The molecule has 0 aromatic carbocycles. The highest BCUT2D eigenvalue weighted by molar-refractivity contribution is 4.95. The van der Waals surface area contributed by atoms with Crippen molar-refractivity contribution in [1.29, 1.82) is 0 Å². The average molecular weight is 184 g/mol. The molecule has 0 aliphatic carbocycles. The van der Waals surface area contributed by atoms with Gasteiger partial charge in [-0.1, -0.05) is 6.92 Å². The molecule has 0 bridgehead atoms. The van der Waals surface area contributed by atoms with E-state index < -0.39 is 0 Å². The van der Waals surface area contributed by atoms with Crippen LogP contribution in [-0.2, 0) is 4.74 Å². The molecule has 0 amide bonds. The largest absolute Gasteiger partial charge is 0.358 e. The lowest BCUT2D eigenvalue weighted by atomic mass is 10.0. The van der Waals surface area contributed by atoms with Gasteiger partial charge in [0.1, 0.15) is 5.72 Å². The van der Waals surface area contributed by atoms with Crippen LogP contribution in [0.15, 0.2) is 0 Å². The number of rotatable bonds is 2. The predicted octanol–water partition coefficient (Wildman–Crippen LogP) is 0.807. The number of ether oxygens (including phenoxy) is 1. The highest BCUT2D eigenvalue weighted by Crippen LogP contribution is 2.29. The fourth-order valence-electron chi connectivity index (χ4n) is 2.66. The van der Waals surface area contributed by atoms with Crippen LogP contribution in [0.5, 0.6) is 0 Å². The molecule has 2 atom stereocenters. The van der Waals surface area contributed by atoms with E-state index in [0.717, 1.165) is 19.7 Å². The maximum absolute atomic E-state index is 5.80. The fraction of sp³-hybridized carbons (Fsp3) is 1.00. The van der Waals surface area contributed by atoms with Gasteiger partial charge in [-0.2, -0.15) is 0 Å². The van der Waals surface area contributed by atoms with Crippen LogP contribution in [0.25, 0.3) is 0 Å². The number of likely N-dealkylation sites (tertiary alicyclic amines) is 1. The Kier molecular flexibility index (Phi) is 2.58. The van der Waals surface area contributed by atoms with Crippen molar-refractivity contribution in [2.24, 2.45) is 0 Å². The van der Waals surface area contributed by atoms with Crippen molar-refractivity contribution in [3.63, 3.8) is 0 Å². The van der Waals surface area contributed by atoms with Gasteiger partial charge in [-0.3, -0.25) is 10.2 Å². The smallest absolute Gasteiger partial charge is 0.132 e. The van der Waals surface area contributed by atoms with Crippen LogP contribution in [0.2, 0.25) is 0 Å². The zero-order valence-corrected chi connectivity index (χ0v) is 8.68. The summed E-state index contributed by atoms with van der Waals surface area (Å²) in [4.78, 5) is 2.53. The zero-order chi connectivity index (χ0) is 9.31. The summed E-state index contributed by atoms with van der Waals surface area (Å²) in [5.74, 6) is 0. The monoisotopic (exact) mass is 184 g/mol. The lowest BCUT2D eigenvalue weighted by Gasteiger charge is -2.36. The summed E-state index contributed by atoms with van der Waals surface area (Å²) in [6, 6.07) is 0.583. The Hall–Kier alpha value is -0.120. The average Bonchev–Trinajstić information content (AvgIpc) is 2.72. The van der Waals surface area contributed by atoms with Gasteiger partial charge in [0.15, 0.2) is 0 Å². The first kappa shape index (κ1) is 9.44. The van der Waals surface area contributed by atoms with Crippen molar-refractivity contribution >= 4 is 0 Å². The highest BCUT2D eigenvalue weighted by atomic mass is 16.5. The summed E-state index contributed by atoms with van der Waals surface area (Å²) in [5, 5.41) is 3.48. The first-order chi connectivity index (χ1) is 6.26. The standard InChI is InChI=1S/C10H20N2O/c1-3-12-7-4-5-9(12)10(2)11-6-8-13-10/h9,11H,3-8H2,1-2H3. The van der Waals surface area contributed by atoms with Crippen LogP contribution in [-0.4, -0.2) is 42.9 Å². The molecular formula is C10H20N2O. The van der Waals surface area contributed by atoms with E-state index in [9.17, 15) is 0 Å². The molecule has 2 aliphatic heterocycles. The molecule has 13 heavy (non-hydrogen) atoms. The Morgan fingerprint density at radius 2 is 2.46 bits per heavy atom. The molecule has 0 radical (unpaired) electrons. The number of nitrogens with zero attached hydrogens (tertiary/aromatic N) is 1. The van der Waals surface area contributed by atoms with E-state index in [2.05, 4.69) is 24.1 Å². The van der Waals surface area contributed by atoms with E-state index >= 15 is 0 Å². The molecule has 1 N–H and O–H groups in total. The van der Waals surface area contributed by atoms with Crippen LogP contribution in [0.4, 0.5) is 0 Å². The summed E-state index contributed by atoms with van der Waals surface area (Å²) in [6.45, 7) is 8.68. The zero-order valence-electron chi connectivity index (χ0n) is 8.68. The number of hydrogen-bond donors (Lipinski definition) is 1. The summed E-state index contributed by atoms with van der Waals surface area (Å²) < 4.78 is 5.80. The summed E-state index contributed by atoms with van der Waals surface area (Å²) >= 11 is 0. The van der Waals surface area contributed by atoms with Crippen LogP contribution < -0.4 is 5.32 Å². The van der Waals surface area contributed by atoms with E-state index in [4.69, 9.17) is 4.74 Å². The second-order valence-corrected chi connectivity index (χ2v) is 4.17. The minimum Gasteiger partial charge on any atom is -0.358 e. The van der Waals surface area contributed by atoms with Gasteiger partial charge in [-0.15, -0.1) is 0 Å². The molecular weight excluding hydrogens is 164 g/mol. The minimum atomic E-state index is -0.0769. The number of hydrogen-bond acceptors (Lipinski definition) is 3. The summed E-state index contributed by atoms with van der Waals surface area (Å²) in [6.07, 6.45) is 2.59. The third-order valence-corrected chi connectivity index (χ3v) is 3.39. The third-order valence-electron chi connectivity index (χ3n) is 3.39. The molecule has 2 unspecified atom stereocenters. The lowest BCUT2D eigenvalue weighted by Crippen LogP contribution is -2.54. The predicted molar refractivity (Wildman–Crippen MR) is 52.6 cm³/mol. The van der Waals surface area contributed by atoms with Crippen molar-refractivity contribution in [3.8, 4) is 0 Å². The van der Waals surface area contributed by atoms with E-state index in [-0.39, 0.29) is 5.72 Å². The molecule has 0 aromatic heterocycles. The Bertz CT molecular complexity index is 178. The lowest BCUT2D eigenvalue weighted by molar-refractivity contribution is -0.0526. The van der Waals surface area contributed by atoms with E-state index in [1.54, 1.807) is 0 Å². The van der Waals surface area contributed by atoms with Gasteiger partial charge in [0.25, 0.3) is 0 Å². The molecule has 0 spiro atoms. The molecule has 76 valence electrons. The van der Waals surface area contributed by atoms with E-state index in [0.29, 0.717) is 6.04 Å². The van der Waals surface area contributed by atoms with Crippen LogP contribution in [0.1, 0.15) is 26.7 Å². The quantitative estimate of drug-likeness (QED) is 0.687. The maximum Gasteiger partial charge on any atom is 0.132 e. The maximum atomic E-state index is 5.80. The van der Waals surface area contributed by atoms with Gasteiger partial charge in [0, 0.05) is 6.54 Å². The van der Waals surface area contributed by atoms with E-state index in [1.807, 2.05) is 0 Å². The van der Waals surface area contributed by atoms with Crippen molar-refractivity contribution in [1.82, 2.24) is 10.2 Å². The topological polar surface area (TPSA) is 24.5 Å².